The second-order valence-corrected chi connectivity index (χ2v) is 23.5. The zero-order valence-electron chi connectivity index (χ0n) is 56.7. The van der Waals surface area contributed by atoms with Crippen LogP contribution in [0.2, 0.25) is 0 Å². The van der Waals surface area contributed by atoms with Gasteiger partial charge in [-0.3, -0.25) is 47.9 Å². The van der Waals surface area contributed by atoms with Crippen molar-refractivity contribution < 1.29 is 91.7 Å². The van der Waals surface area contributed by atoms with Crippen LogP contribution in [0.25, 0.3) is 0 Å². The molecule has 1 rings (SSSR count). The fourth-order valence-corrected chi connectivity index (χ4v) is 10.1. The van der Waals surface area contributed by atoms with Crippen LogP contribution in [-0.2, 0) is 76.4 Å². The van der Waals surface area contributed by atoms with Gasteiger partial charge in [-0.1, -0.05) is 59.3 Å². The van der Waals surface area contributed by atoms with Crippen molar-refractivity contribution in [2.24, 2.45) is 35.1 Å². The van der Waals surface area contributed by atoms with Crippen LogP contribution in [-0.4, -0.2) is 249 Å². The Morgan fingerprint density at radius 3 is 1.51 bits per heavy atom. The number of rotatable bonds is 62. The number of carbonyl (C=O) groups is 10. The van der Waals surface area contributed by atoms with Crippen molar-refractivity contribution in [1.82, 2.24) is 47.9 Å². The number of hydrogen-bond acceptors (Lipinski definition) is 23. The average Bonchev–Trinajstić information content (AvgIpc) is 0.833. The second kappa shape index (κ2) is 56.9. The smallest absolute Gasteiger partial charge is 0.224 e. The summed E-state index contributed by atoms with van der Waals surface area (Å²) in [5.74, 6) is -7.53. The Balaban J connectivity index is 2.82. The number of hydrogen-bond donors (Lipinski definition) is 14. The molecule has 544 valence electrons. The van der Waals surface area contributed by atoms with Gasteiger partial charge in [-0.2, -0.15) is 0 Å². The lowest BCUT2D eigenvalue weighted by Gasteiger charge is -2.42. The van der Waals surface area contributed by atoms with E-state index in [1.807, 2.05) is 6.92 Å². The van der Waals surface area contributed by atoms with Crippen molar-refractivity contribution in [2.45, 2.75) is 180 Å². The zero-order chi connectivity index (χ0) is 69.6. The van der Waals surface area contributed by atoms with Gasteiger partial charge in [0.25, 0.3) is 0 Å². The number of unbranched alkanes of at least 4 members (excludes halogenated alkanes) is 6. The van der Waals surface area contributed by atoms with Crippen LogP contribution >= 0.6 is 0 Å². The van der Waals surface area contributed by atoms with Gasteiger partial charge < -0.3 is 103 Å². The number of ether oxygens (including phenoxy) is 6. The van der Waals surface area contributed by atoms with Gasteiger partial charge in [0.2, 0.25) is 41.4 Å². The molecular formula is C64H119N11O19. The Morgan fingerprint density at radius 2 is 0.926 bits per heavy atom. The minimum atomic E-state index is -1.42. The predicted octanol–water partition coefficient (Wildman–Crippen LogP) is -1.55. The van der Waals surface area contributed by atoms with Crippen molar-refractivity contribution >= 4 is 58.7 Å². The number of nitrogens with one attached hydrogen (secondary N) is 9. The molecule has 1 heterocycles. The summed E-state index contributed by atoms with van der Waals surface area (Å²) in [4.78, 5) is 132. The summed E-state index contributed by atoms with van der Waals surface area (Å²) in [6.07, 6.45) is 1.68. The van der Waals surface area contributed by atoms with E-state index in [-0.39, 0.29) is 179 Å². The normalized spacial score (nSPS) is 17.4. The monoisotopic (exact) mass is 1350 g/mol. The molecule has 0 bridgehead atoms. The lowest BCUT2D eigenvalue weighted by atomic mass is 9.86. The Labute approximate surface area is 556 Å². The van der Waals surface area contributed by atoms with Gasteiger partial charge in [0.05, 0.1) is 72.0 Å². The second-order valence-electron chi connectivity index (χ2n) is 23.5. The van der Waals surface area contributed by atoms with E-state index in [1.165, 1.54) is 6.92 Å². The first-order valence-corrected chi connectivity index (χ1v) is 34.2. The molecule has 94 heavy (non-hydrogen) atoms. The third-order valence-electron chi connectivity index (χ3n) is 15.4. The molecule has 0 aliphatic carbocycles. The van der Waals surface area contributed by atoms with E-state index < -0.39 is 90.3 Å². The largest absolute Gasteiger partial charge is 0.394 e. The third-order valence-corrected chi connectivity index (χ3v) is 15.4. The standard InChI is InChI=1S/C64H119N11O19/c1-5-8-10-12-20-69-56(82)43-49(41-51(78)39-47(7-3)61(86)72-21-13-11-9-6-2)53(80)16-14-15-48(62(87)73-27-25-68-23-19-66)40-52(79)42-50(44-57(83)70-26-24-67-22-18-65)63(88)74-29-32-91-34-33-89-30-17-55(81)71-28-31-90-35-36-92-37-38-93-64-58(75-46(4)77)60(85)59(84)54(45-76)94-64/h47-50,54,58-60,64,67-68,76,84-85H,5-45,65-66H2,1-4H3,(H,69,82)(H,70,83)(H,71,81)(H,72,86)(H,73,87)(H,74,88)(H,75,77). The molecule has 30 heteroatoms. The molecule has 1 aliphatic rings. The van der Waals surface area contributed by atoms with Gasteiger partial charge in [0, 0.05) is 155 Å². The number of ketones is 3. The van der Waals surface area contributed by atoms with Gasteiger partial charge in [0.1, 0.15) is 41.7 Å². The highest BCUT2D eigenvalue weighted by Crippen LogP contribution is 2.24. The van der Waals surface area contributed by atoms with Crippen molar-refractivity contribution in [3.8, 4) is 0 Å². The zero-order valence-corrected chi connectivity index (χ0v) is 56.7. The molecule has 0 aromatic heterocycles. The Bertz CT molecular complexity index is 2120. The molecule has 1 aliphatic heterocycles. The lowest BCUT2D eigenvalue weighted by molar-refractivity contribution is -0.272. The minimum absolute atomic E-state index is 0.0126. The number of nitrogens with two attached hydrogens (primary N) is 2. The van der Waals surface area contributed by atoms with Crippen LogP contribution in [0.1, 0.15) is 150 Å². The molecular weight excluding hydrogens is 1230 g/mol. The summed E-state index contributed by atoms with van der Waals surface area (Å²) in [5.41, 5.74) is 11.2. The predicted molar refractivity (Wildman–Crippen MR) is 350 cm³/mol. The molecule has 0 aromatic rings. The Morgan fingerprint density at radius 1 is 0.457 bits per heavy atom. The fraction of sp³-hybridized carbons (Fsp3) is 0.844. The third kappa shape index (κ3) is 43.1. The van der Waals surface area contributed by atoms with Gasteiger partial charge in [0.15, 0.2) is 6.29 Å². The van der Waals surface area contributed by atoms with Crippen LogP contribution in [0.5, 0.6) is 0 Å². The van der Waals surface area contributed by atoms with Crippen molar-refractivity contribution in [3.63, 3.8) is 0 Å². The SMILES string of the molecule is CCCCCCNC(=O)CC(CC(=O)CC(CC)C(=O)NCCCCCC)C(=O)CCCC(CC(=O)CC(CC(=O)NCCNCCN)C(=O)NCCOCCOCCC(=O)NCCOCCOCCOC1OC(CO)C(O)C(O)C1NC(C)=O)C(=O)NCCNCCN. The fourth-order valence-electron chi connectivity index (χ4n) is 10.1. The van der Waals surface area contributed by atoms with Crippen molar-refractivity contribution in [3.05, 3.63) is 0 Å². The van der Waals surface area contributed by atoms with E-state index in [0.29, 0.717) is 58.8 Å². The van der Waals surface area contributed by atoms with Gasteiger partial charge in [-0.15, -0.1) is 0 Å². The maximum absolute atomic E-state index is 14.0. The number of aliphatic hydroxyl groups is 3. The van der Waals surface area contributed by atoms with Crippen molar-refractivity contribution in [2.75, 3.05) is 145 Å². The molecule has 1 saturated heterocycles. The molecule has 7 amide bonds. The summed E-state index contributed by atoms with van der Waals surface area (Å²) in [6, 6.07) is -1.06. The van der Waals surface area contributed by atoms with Crippen LogP contribution < -0.4 is 59.3 Å². The molecule has 1 fully saturated rings. The molecule has 0 aromatic carbocycles. The van der Waals surface area contributed by atoms with Crippen LogP contribution in [0, 0.1) is 23.7 Å². The van der Waals surface area contributed by atoms with Gasteiger partial charge >= 0.3 is 0 Å². The molecule has 0 saturated carbocycles. The van der Waals surface area contributed by atoms with E-state index in [1.54, 1.807) is 0 Å². The summed E-state index contributed by atoms with van der Waals surface area (Å²) in [7, 11) is 0. The van der Waals surface area contributed by atoms with Crippen LogP contribution in [0.15, 0.2) is 0 Å². The Hall–Kier alpha value is -5.22. The number of carbonyl (C=O) groups excluding carboxylic acids is 10. The van der Waals surface area contributed by atoms with E-state index in [9.17, 15) is 63.3 Å². The summed E-state index contributed by atoms with van der Waals surface area (Å²) in [5, 5.41) is 55.5. The number of Topliss-reactive ketones (excluding diaryl/α,β-unsaturated/α-hetero) is 3. The van der Waals surface area contributed by atoms with E-state index >= 15 is 0 Å². The van der Waals surface area contributed by atoms with Crippen LogP contribution in [0.4, 0.5) is 0 Å². The van der Waals surface area contributed by atoms with Gasteiger partial charge in [-0.25, -0.2) is 0 Å². The van der Waals surface area contributed by atoms with E-state index in [4.69, 9.17) is 39.9 Å². The highest BCUT2D eigenvalue weighted by atomic mass is 16.7. The highest BCUT2D eigenvalue weighted by Gasteiger charge is 2.45. The number of aliphatic hydroxyl groups excluding tert-OH is 3. The molecule has 0 radical (unpaired) electrons. The quantitative estimate of drug-likeness (QED) is 0.0307. The first kappa shape index (κ1) is 86.8. The maximum atomic E-state index is 14.0. The summed E-state index contributed by atoms with van der Waals surface area (Å²) < 4.78 is 33.2. The lowest BCUT2D eigenvalue weighted by Crippen LogP contribution is -2.64. The summed E-state index contributed by atoms with van der Waals surface area (Å²) in [6.45, 7) is 12.2. The topological polar surface area (TPSA) is 447 Å². The number of amides is 7. The molecule has 9 atom stereocenters. The Kier molecular flexibility index (Phi) is 52.5. The first-order chi connectivity index (χ1) is 45.3. The maximum Gasteiger partial charge on any atom is 0.224 e. The van der Waals surface area contributed by atoms with E-state index in [0.717, 1.165) is 51.4 Å². The molecule has 0 spiro atoms. The highest BCUT2D eigenvalue weighted by molar-refractivity contribution is 5.94. The minimum Gasteiger partial charge on any atom is -0.394 e. The first-order valence-electron chi connectivity index (χ1n) is 34.2. The van der Waals surface area contributed by atoms with Crippen molar-refractivity contribution in [1.29, 1.82) is 0 Å². The molecule has 30 nitrogen and oxygen atoms in total. The van der Waals surface area contributed by atoms with Gasteiger partial charge in [-0.05, 0) is 32.1 Å². The van der Waals surface area contributed by atoms with Crippen LogP contribution in [0.3, 0.4) is 0 Å². The summed E-state index contributed by atoms with van der Waals surface area (Å²) >= 11 is 0. The average molecular weight is 1350 g/mol. The molecule has 9 unspecified atom stereocenters. The molecule has 16 N–H and O–H groups in total. The van der Waals surface area contributed by atoms with E-state index in [2.05, 4.69) is 61.7 Å².